The number of rotatable bonds is 12. The number of carbonyl (C=O) groups excluding carboxylic acids is 1. The predicted molar refractivity (Wildman–Crippen MR) is 75.5 cm³/mol. The minimum absolute atomic E-state index is 0.0135. The van der Waals surface area contributed by atoms with Gasteiger partial charge in [0.15, 0.2) is 0 Å². The van der Waals surface area contributed by atoms with Gasteiger partial charge in [-0.25, -0.2) is 4.79 Å². The summed E-state index contributed by atoms with van der Waals surface area (Å²) in [4.78, 5) is 12.5. The molecule has 0 radical (unpaired) electrons. The van der Waals surface area contributed by atoms with Gasteiger partial charge in [-0.05, 0) is 6.42 Å². The van der Waals surface area contributed by atoms with Gasteiger partial charge in [-0.2, -0.15) is 0 Å². The Bertz CT molecular complexity index is 198. The molecule has 0 aromatic carbocycles. The first-order valence-corrected chi connectivity index (χ1v) is 7.37. The zero-order valence-electron chi connectivity index (χ0n) is 11.9. The smallest absolute Gasteiger partial charge is 0.314 e. The zero-order chi connectivity index (χ0) is 13.6. The normalized spacial score (nSPS) is 10.6. The Kier molecular flexibility index (Phi) is 12.1. The number of hydrogen-bond acceptors (Lipinski definition) is 2. The minimum atomic E-state index is -0.427. The maximum Gasteiger partial charge on any atom is 0.314 e. The quantitative estimate of drug-likeness (QED) is 0.529. The topological polar surface area (TPSA) is 66.6 Å². The lowest BCUT2D eigenvalue weighted by molar-refractivity contribution is 0.183. The molecule has 0 saturated heterocycles. The van der Waals surface area contributed by atoms with Crippen LogP contribution in [0.15, 0.2) is 0 Å². The van der Waals surface area contributed by atoms with Gasteiger partial charge >= 0.3 is 6.03 Å². The molecular formula is C14H30N2O2. The van der Waals surface area contributed by atoms with Crippen molar-refractivity contribution in [2.45, 2.75) is 64.7 Å². The molecule has 0 unspecified atom stereocenters. The number of aliphatic hydroxyl groups is 1. The lowest BCUT2D eigenvalue weighted by Crippen LogP contribution is -2.38. The molecular weight excluding hydrogens is 228 g/mol. The van der Waals surface area contributed by atoms with Gasteiger partial charge in [0.2, 0.25) is 0 Å². The van der Waals surface area contributed by atoms with E-state index in [1.807, 2.05) is 0 Å². The molecule has 0 aromatic rings. The first-order chi connectivity index (χ1) is 8.72. The molecule has 3 N–H and O–H groups in total. The molecule has 0 saturated carbocycles. The van der Waals surface area contributed by atoms with E-state index in [9.17, 15) is 4.79 Å². The third-order valence-corrected chi connectivity index (χ3v) is 3.21. The number of nitrogens with zero attached hydrogens (tertiary/aromatic N) is 1. The molecule has 0 fully saturated rings. The fraction of sp³-hybridized carbons (Fsp3) is 0.929. The summed E-state index contributed by atoms with van der Waals surface area (Å²) in [6.45, 7) is 3.25. The highest BCUT2D eigenvalue weighted by molar-refractivity contribution is 5.71. The Hall–Kier alpha value is -0.770. The van der Waals surface area contributed by atoms with Crippen LogP contribution in [0.1, 0.15) is 64.7 Å². The maximum absolute atomic E-state index is 11.0. The molecule has 0 aromatic heterocycles. The number of hydrogen-bond donors (Lipinski definition) is 2. The van der Waals surface area contributed by atoms with E-state index < -0.39 is 6.03 Å². The van der Waals surface area contributed by atoms with Crippen LogP contribution in [0.25, 0.3) is 0 Å². The second kappa shape index (κ2) is 12.7. The van der Waals surface area contributed by atoms with Crippen LogP contribution in [0.2, 0.25) is 0 Å². The molecule has 0 aliphatic heterocycles. The molecule has 4 heteroatoms. The van der Waals surface area contributed by atoms with Crippen LogP contribution >= 0.6 is 0 Å². The lowest BCUT2D eigenvalue weighted by Gasteiger charge is -2.18. The first-order valence-electron chi connectivity index (χ1n) is 7.37. The van der Waals surface area contributed by atoms with Crippen LogP contribution in [0.5, 0.6) is 0 Å². The van der Waals surface area contributed by atoms with E-state index in [-0.39, 0.29) is 6.61 Å². The van der Waals surface area contributed by atoms with Gasteiger partial charge in [0.1, 0.15) is 0 Å². The maximum atomic E-state index is 11.0. The molecule has 0 spiro atoms. The third-order valence-electron chi connectivity index (χ3n) is 3.21. The molecule has 0 rings (SSSR count). The molecule has 0 heterocycles. The Balaban J connectivity index is 3.30. The minimum Gasteiger partial charge on any atom is -0.395 e. The summed E-state index contributed by atoms with van der Waals surface area (Å²) in [7, 11) is 0. The lowest BCUT2D eigenvalue weighted by atomic mass is 10.1. The monoisotopic (exact) mass is 258 g/mol. The molecule has 0 aliphatic carbocycles. The van der Waals surface area contributed by atoms with E-state index in [4.69, 9.17) is 10.8 Å². The number of primary amides is 1. The summed E-state index contributed by atoms with van der Waals surface area (Å²) in [5, 5.41) is 8.78. The summed E-state index contributed by atoms with van der Waals surface area (Å²) in [6.07, 6.45) is 11.4. The second-order valence-corrected chi connectivity index (χ2v) is 4.88. The van der Waals surface area contributed by atoms with Gasteiger partial charge in [-0.15, -0.1) is 0 Å². The highest BCUT2D eigenvalue weighted by Crippen LogP contribution is 2.09. The van der Waals surface area contributed by atoms with Gasteiger partial charge in [0.25, 0.3) is 0 Å². The second-order valence-electron chi connectivity index (χ2n) is 4.88. The number of nitrogens with two attached hydrogens (primary N) is 1. The first kappa shape index (κ1) is 17.2. The van der Waals surface area contributed by atoms with Crippen molar-refractivity contribution in [2.75, 3.05) is 19.7 Å². The van der Waals surface area contributed by atoms with Crippen LogP contribution < -0.4 is 5.73 Å². The van der Waals surface area contributed by atoms with Gasteiger partial charge in [-0.3, -0.25) is 0 Å². The summed E-state index contributed by atoms with van der Waals surface area (Å²) >= 11 is 0. The molecule has 0 bridgehead atoms. The van der Waals surface area contributed by atoms with Crippen LogP contribution in [0, 0.1) is 0 Å². The van der Waals surface area contributed by atoms with Gasteiger partial charge in [-0.1, -0.05) is 58.3 Å². The van der Waals surface area contributed by atoms with Crippen molar-refractivity contribution < 1.29 is 9.90 Å². The third kappa shape index (κ3) is 10.4. The van der Waals surface area contributed by atoms with Crippen LogP contribution in [0.4, 0.5) is 4.79 Å². The van der Waals surface area contributed by atoms with Crippen molar-refractivity contribution in [2.24, 2.45) is 5.73 Å². The van der Waals surface area contributed by atoms with Gasteiger partial charge in [0, 0.05) is 13.1 Å². The highest BCUT2D eigenvalue weighted by atomic mass is 16.3. The van der Waals surface area contributed by atoms with Crippen molar-refractivity contribution in [3.8, 4) is 0 Å². The molecule has 2 amide bonds. The fourth-order valence-electron chi connectivity index (χ4n) is 2.07. The van der Waals surface area contributed by atoms with E-state index in [1.54, 1.807) is 0 Å². The Morgan fingerprint density at radius 1 is 0.944 bits per heavy atom. The van der Waals surface area contributed by atoms with Crippen molar-refractivity contribution in [1.29, 1.82) is 0 Å². The molecule has 18 heavy (non-hydrogen) atoms. The Morgan fingerprint density at radius 3 is 1.89 bits per heavy atom. The summed E-state index contributed by atoms with van der Waals surface area (Å²) in [6, 6.07) is -0.427. The molecule has 4 nitrogen and oxygen atoms in total. The van der Waals surface area contributed by atoms with E-state index in [2.05, 4.69) is 6.92 Å². The van der Waals surface area contributed by atoms with Crippen molar-refractivity contribution >= 4 is 6.03 Å². The number of amides is 2. The van der Waals surface area contributed by atoms with Crippen LogP contribution in [0.3, 0.4) is 0 Å². The zero-order valence-corrected chi connectivity index (χ0v) is 11.9. The number of unbranched alkanes of at least 4 members (excludes halogenated alkanes) is 8. The number of urea groups is 1. The van der Waals surface area contributed by atoms with Crippen LogP contribution in [-0.2, 0) is 0 Å². The number of aliphatic hydroxyl groups excluding tert-OH is 1. The SMILES string of the molecule is CCCCCCCCCCCN(CCO)C(N)=O. The van der Waals surface area contributed by atoms with Crippen molar-refractivity contribution in [3.05, 3.63) is 0 Å². The average molecular weight is 258 g/mol. The highest BCUT2D eigenvalue weighted by Gasteiger charge is 2.07. The Labute approximate surface area is 112 Å². The van der Waals surface area contributed by atoms with E-state index in [0.29, 0.717) is 13.1 Å². The molecule has 0 aliphatic rings. The predicted octanol–water partition coefficient (Wildman–Crippen LogP) is 2.89. The molecule has 108 valence electrons. The van der Waals surface area contributed by atoms with Crippen molar-refractivity contribution in [1.82, 2.24) is 4.90 Å². The summed E-state index contributed by atoms with van der Waals surface area (Å²) < 4.78 is 0. The largest absolute Gasteiger partial charge is 0.395 e. The van der Waals surface area contributed by atoms with Crippen LogP contribution in [-0.4, -0.2) is 35.7 Å². The van der Waals surface area contributed by atoms with E-state index in [0.717, 1.165) is 12.8 Å². The summed E-state index contributed by atoms with van der Waals surface area (Å²) in [5.41, 5.74) is 5.21. The standard InChI is InChI=1S/C14H30N2O2/c1-2-3-4-5-6-7-8-9-10-11-16(12-13-17)14(15)18/h17H,2-13H2,1H3,(H2,15,18). The Morgan fingerprint density at radius 2 is 1.44 bits per heavy atom. The average Bonchev–Trinajstić information content (AvgIpc) is 2.35. The van der Waals surface area contributed by atoms with E-state index in [1.165, 1.54) is 49.8 Å². The van der Waals surface area contributed by atoms with Gasteiger partial charge in [0.05, 0.1) is 6.61 Å². The van der Waals surface area contributed by atoms with Crippen molar-refractivity contribution in [3.63, 3.8) is 0 Å². The van der Waals surface area contributed by atoms with Gasteiger partial charge < -0.3 is 15.7 Å². The fourth-order valence-corrected chi connectivity index (χ4v) is 2.07. The summed E-state index contributed by atoms with van der Waals surface area (Å²) in [5.74, 6) is 0. The van der Waals surface area contributed by atoms with E-state index >= 15 is 0 Å². The molecule has 0 atom stereocenters. The number of carbonyl (C=O) groups is 1.